The molecule has 2 atom stereocenters. The molecule has 1 aliphatic heterocycles. The maximum atomic E-state index is 6.13. The van der Waals surface area contributed by atoms with Crippen LogP contribution in [0.3, 0.4) is 0 Å². The third-order valence-corrected chi connectivity index (χ3v) is 4.69. The van der Waals surface area contributed by atoms with Crippen LogP contribution in [0.4, 0.5) is 0 Å². The summed E-state index contributed by atoms with van der Waals surface area (Å²) < 4.78 is 0. The molecule has 2 rings (SSSR count). The number of halogens is 1. The van der Waals surface area contributed by atoms with Crippen molar-refractivity contribution in [3.8, 4) is 0 Å². The highest BCUT2D eigenvalue weighted by Gasteiger charge is 2.22. The van der Waals surface area contributed by atoms with E-state index in [0.29, 0.717) is 11.3 Å². The van der Waals surface area contributed by atoms with Crippen molar-refractivity contribution in [3.63, 3.8) is 0 Å². The molecular weight excluding hydrogens is 250 g/mol. The maximum Gasteiger partial charge on any atom is 0.0409 e. The highest BCUT2D eigenvalue weighted by molar-refractivity contribution is 7.99. The van der Waals surface area contributed by atoms with Gasteiger partial charge in [0.25, 0.3) is 0 Å². The van der Waals surface area contributed by atoms with E-state index in [2.05, 4.69) is 31.3 Å². The van der Waals surface area contributed by atoms with Gasteiger partial charge in [0.1, 0.15) is 0 Å². The number of nitrogens with one attached hydrogen (secondary N) is 1. The third kappa shape index (κ3) is 3.40. The summed E-state index contributed by atoms with van der Waals surface area (Å²) in [5.41, 5.74) is 2.85. The first-order valence-electron chi connectivity index (χ1n) is 6.34. The molecule has 0 bridgehead atoms. The van der Waals surface area contributed by atoms with Crippen LogP contribution in [0.1, 0.15) is 43.9 Å². The summed E-state index contributed by atoms with van der Waals surface area (Å²) in [6.45, 7) is 5.60. The summed E-state index contributed by atoms with van der Waals surface area (Å²) >= 11 is 8.17. The van der Waals surface area contributed by atoms with E-state index in [-0.39, 0.29) is 0 Å². The van der Waals surface area contributed by atoms with E-state index >= 15 is 0 Å². The average Bonchev–Trinajstić information content (AvgIpc) is 2.47. The zero-order chi connectivity index (χ0) is 12.3. The minimum atomic E-state index is 0.466. The number of hydrogen-bond donors (Lipinski definition) is 1. The Labute approximate surface area is 113 Å². The molecule has 0 saturated heterocycles. The fourth-order valence-electron chi connectivity index (χ4n) is 2.29. The second kappa shape index (κ2) is 6.12. The van der Waals surface area contributed by atoms with E-state index in [1.807, 2.05) is 17.8 Å². The number of benzene rings is 1. The summed E-state index contributed by atoms with van der Waals surface area (Å²) in [4.78, 5) is 0. The Hall–Kier alpha value is -0.180. The van der Waals surface area contributed by atoms with Crippen LogP contribution in [0, 0.1) is 0 Å². The van der Waals surface area contributed by atoms with Crippen LogP contribution in [0.15, 0.2) is 18.2 Å². The van der Waals surface area contributed by atoms with Crippen LogP contribution >= 0.6 is 23.4 Å². The molecule has 1 aliphatic rings. The van der Waals surface area contributed by atoms with Crippen molar-refractivity contribution in [3.05, 3.63) is 34.3 Å². The van der Waals surface area contributed by atoms with E-state index in [1.165, 1.54) is 24.0 Å². The first-order valence-corrected chi connectivity index (χ1v) is 7.76. The molecular formula is C14H20ClNS. The van der Waals surface area contributed by atoms with Crippen LogP contribution in [-0.4, -0.2) is 11.8 Å². The van der Waals surface area contributed by atoms with Gasteiger partial charge in [0.15, 0.2) is 0 Å². The predicted octanol–water partition coefficient (Wildman–Crippen LogP) is 4.41. The summed E-state index contributed by atoms with van der Waals surface area (Å²) in [5.74, 6) is 1.11. The van der Waals surface area contributed by atoms with E-state index in [0.717, 1.165) is 17.3 Å². The standard InChI is InChI=1S/C14H20ClNS/c1-3-6-16-14-7-10(2)17-9-11-4-5-12(15)8-13(11)14/h4-5,8,10,14,16H,3,6-7,9H2,1-2H3. The highest BCUT2D eigenvalue weighted by atomic mass is 35.5. The van der Waals surface area contributed by atoms with Gasteiger partial charge < -0.3 is 5.32 Å². The van der Waals surface area contributed by atoms with Crippen LogP contribution < -0.4 is 5.32 Å². The van der Waals surface area contributed by atoms with Gasteiger partial charge in [-0.1, -0.05) is 31.5 Å². The Morgan fingerprint density at radius 3 is 3.06 bits per heavy atom. The van der Waals surface area contributed by atoms with Crippen molar-refractivity contribution >= 4 is 23.4 Å². The Bertz CT molecular complexity index is 380. The lowest BCUT2D eigenvalue weighted by Gasteiger charge is -2.20. The molecule has 2 unspecified atom stereocenters. The lowest BCUT2D eigenvalue weighted by molar-refractivity contribution is 0.500. The van der Waals surface area contributed by atoms with Gasteiger partial charge >= 0.3 is 0 Å². The van der Waals surface area contributed by atoms with E-state index in [4.69, 9.17) is 11.6 Å². The average molecular weight is 270 g/mol. The van der Waals surface area contributed by atoms with Crippen molar-refractivity contribution in [1.82, 2.24) is 5.32 Å². The van der Waals surface area contributed by atoms with Crippen molar-refractivity contribution in [2.45, 2.75) is 43.7 Å². The predicted molar refractivity (Wildman–Crippen MR) is 77.9 cm³/mol. The summed E-state index contributed by atoms with van der Waals surface area (Å²) in [5, 5.41) is 5.21. The molecule has 0 radical (unpaired) electrons. The topological polar surface area (TPSA) is 12.0 Å². The quantitative estimate of drug-likeness (QED) is 0.873. The van der Waals surface area contributed by atoms with Crippen LogP contribution in [0.5, 0.6) is 0 Å². The van der Waals surface area contributed by atoms with Crippen LogP contribution in [0.2, 0.25) is 5.02 Å². The summed E-state index contributed by atoms with van der Waals surface area (Å²) in [7, 11) is 0. The molecule has 0 aromatic heterocycles. The van der Waals surface area contributed by atoms with Gasteiger partial charge in [0.2, 0.25) is 0 Å². The molecule has 1 aromatic carbocycles. The minimum Gasteiger partial charge on any atom is -0.310 e. The molecule has 0 saturated carbocycles. The number of thioether (sulfide) groups is 1. The van der Waals surface area contributed by atoms with Crippen molar-refractivity contribution in [1.29, 1.82) is 0 Å². The molecule has 3 heteroatoms. The Kier molecular flexibility index (Phi) is 4.78. The fourth-order valence-corrected chi connectivity index (χ4v) is 3.53. The van der Waals surface area contributed by atoms with Gasteiger partial charge in [0, 0.05) is 22.1 Å². The monoisotopic (exact) mass is 269 g/mol. The van der Waals surface area contributed by atoms with E-state index in [1.54, 1.807) is 0 Å². The minimum absolute atomic E-state index is 0.466. The van der Waals surface area contributed by atoms with Gasteiger partial charge in [-0.25, -0.2) is 0 Å². The molecule has 1 nitrogen and oxygen atoms in total. The second-order valence-electron chi connectivity index (χ2n) is 4.71. The highest BCUT2D eigenvalue weighted by Crippen LogP contribution is 2.35. The smallest absolute Gasteiger partial charge is 0.0409 e. The molecule has 17 heavy (non-hydrogen) atoms. The van der Waals surface area contributed by atoms with Crippen LogP contribution in [-0.2, 0) is 5.75 Å². The van der Waals surface area contributed by atoms with Gasteiger partial charge in [-0.2, -0.15) is 11.8 Å². The lowest BCUT2D eigenvalue weighted by atomic mass is 9.97. The molecule has 0 fully saturated rings. The van der Waals surface area contributed by atoms with Gasteiger partial charge in [-0.3, -0.25) is 0 Å². The normalized spacial score (nSPS) is 24.2. The van der Waals surface area contributed by atoms with Crippen molar-refractivity contribution < 1.29 is 0 Å². The Balaban J connectivity index is 2.27. The lowest BCUT2D eigenvalue weighted by Crippen LogP contribution is -2.24. The van der Waals surface area contributed by atoms with Crippen LogP contribution in [0.25, 0.3) is 0 Å². The Morgan fingerprint density at radius 2 is 2.29 bits per heavy atom. The number of hydrogen-bond acceptors (Lipinski definition) is 2. The SMILES string of the molecule is CCCNC1CC(C)SCc2ccc(Cl)cc21. The molecule has 1 heterocycles. The zero-order valence-electron chi connectivity index (χ0n) is 10.5. The first kappa shape index (κ1) is 13.3. The van der Waals surface area contributed by atoms with E-state index in [9.17, 15) is 0 Å². The summed E-state index contributed by atoms with van der Waals surface area (Å²) in [6.07, 6.45) is 2.37. The molecule has 0 spiro atoms. The number of rotatable bonds is 3. The molecule has 0 amide bonds. The van der Waals surface area contributed by atoms with Crippen molar-refractivity contribution in [2.24, 2.45) is 0 Å². The molecule has 0 aliphatic carbocycles. The van der Waals surface area contributed by atoms with Gasteiger partial charge in [0.05, 0.1) is 0 Å². The van der Waals surface area contributed by atoms with Crippen molar-refractivity contribution in [2.75, 3.05) is 6.54 Å². The second-order valence-corrected chi connectivity index (χ2v) is 6.57. The van der Waals surface area contributed by atoms with E-state index < -0.39 is 0 Å². The molecule has 1 N–H and O–H groups in total. The largest absolute Gasteiger partial charge is 0.310 e. The number of fused-ring (bicyclic) bond motifs is 1. The Morgan fingerprint density at radius 1 is 1.47 bits per heavy atom. The first-order chi connectivity index (χ1) is 8.20. The van der Waals surface area contributed by atoms with Gasteiger partial charge in [-0.05, 0) is 42.6 Å². The third-order valence-electron chi connectivity index (χ3n) is 3.22. The van der Waals surface area contributed by atoms with Gasteiger partial charge in [-0.15, -0.1) is 0 Å². The summed E-state index contributed by atoms with van der Waals surface area (Å²) in [6, 6.07) is 6.80. The maximum absolute atomic E-state index is 6.13. The zero-order valence-corrected chi connectivity index (χ0v) is 12.1. The molecule has 1 aromatic rings. The fraction of sp³-hybridized carbons (Fsp3) is 0.571. The molecule has 94 valence electrons.